The maximum Gasteiger partial charge on any atom is 0.133 e. The Morgan fingerprint density at radius 2 is 2.21 bits per heavy atom. The van der Waals surface area contributed by atoms with E-state index < -0.39 is 0 Å². The summed E-state index contributed by atoms with van der Waals surface area (Å²) in [6.07, 6.45) is 1.34. The van der Waals surface area contributed by atoms with Gasteiger partial charge in [0.15, 0.2) is 0 Å². The molecule has 0 aromatic carbocycles. The maximum absolute atomic E-state index is 9.09. The molecule has 1 fully saturated rings. The van der Waals surface area contributed by atoms with Crippen LogP contribution >= 0.6 is 11.6 Å². The van der Waals surface area contributed by atoms with Crippen molar-refractivity contribution in [2.24, 2.45) is 0 Å². The number of nitrogens with two attached hydrogens (primary N) is 1. The molecule has 4 N–H and O–H groups in total. The van der Waals surface area contributed by atoms with Crippen molar-refractivity contribution in [1.29, 1.82) is 0 Å². The fourth-order valence-electron chi connectivity index (χ4n) is 1.51. The van der Waals surface area contributed by atoms with Gasteiger partial charge in [0, 0.05) is 17.8 Å². The number of pyridine rings is 1. The normalized spacial score (nSPS) is 25.6. The number of nitrogens with zero attached hydrogens (tertiary/aromatic N) is 1. The Morgan fingerprint density at radius 1 is 1.50 bits per heavy atom. The molecular formula is C9H12ClN3O. The molecule has 0 atom stereocenters. The van der Waals surface area contributed by atoms with Crippen LogP contribution in [0.15, 0.2) is 12.1 Å². The minimum absolute atomic E-state index is 0.177. The van der Waals surface area contributed by atoms with Crippen LogP contribution in [0.25, 0.3) is 0 Å². The van der Waals surface area contributed by atoms with Crippen LogP contribution in [0.4, 0.5) is 11.5 Å². The van der Waals surface area contributed by atoms with E-state index in [4.69, 9.17) is 22.4 Å². The Labute approximate surface area is 87.1 Å². The Morgan fingerprint density at radius 3 is 2.79 bits per heavy atom. The van der Waals surface area contributed by atoms with E-state index >= 15 is 0 Å². The van der Waals surface area contributed by atoms with E-state index in [1.807, 2.05) is 0 Å². The van der Waals surface area contributed by atoms with E-state index in [1.54, 1.807) is 12.1 Å². The number of rotatable bonds is 2. The standard InChI is InChI=1S/C9H12ClN3O/c10-8-1-5(11)2-9(13-8)12-6-3-7(14)4-6/h1-2,6-7,14H,3-4H2,(H3,11,12,13). The molecule has 4 nitrogen and oxygen atoms in total. The molecule has 2 rings (SSSR count). The summed E-state index contributed by atoms with van der Waals surface area (Å²) in [6, 6.07) is 3.62. The highest BCUT2D eigenvalue weighted by molar-refractivity contribution is 6.29. The van der Waals surface area contributed by atoms with Gasteiger partial charge in [-0.05, 0) is 18.9 Å². The highest BCUT2D eigenvalue weighted by atomic mass is 35.5. The van der Waals surface area contributed by atoms with Crippen molar-refractivity contribution in [2.75, 3.05) is 11.1 Å². The first-order valence-corrected chi connectivity index (χ1v) is 4.89. The molecule has 0 radical (unpaired) electrons. The number of anilines is 2. The van der Waals surface area contributed by atoms with Gasteiger partial charge in [-0.1, -0.05) is 11.6 Å². The molecule has 5 heteroatoms. The van der Waals surface area contributed by atoms with Crippen molar-refractivity contribution in [3.8, 4) is 0 Å². The van der Waals surface area contributed by atoms with E-state index in [2.05, 4.69) is 10.3 Å². The first-order chi connectivity index (χ1) is 6.63. The monoisotopic (exact) mass is 213 g/mol. The van der Waals surface area contributed by atoms with Gasteiger partial charge in [0.25, 0.3) is 0 Å². The predicted octanol–water partition coefficient (Wildman–Crippen LogP) is 1.25. The van der Waals surface area contributed by atoms with Gasteiger partial charge in [-0.3, -0.25) is 0 Å². The molecule has 14 heavy (non-hydrogen) atoms. The number of nitrogen functional groups attached to an aromatic ring is 1. The second-order valence-corrected chi connectivity index (χ2v) is 3.96. The van der Waals surface area contributed by atoms with Crippen LogP contribution in [0.5, 0.6) is 0 Å². The molecule has 1 saturated carbocycles. The SMILES string of the molecule is Nc1cc(Cl)nc(NC2CC(O)C2)c1. The quantitative estimate of drug-likeness (QED) is 0.647. The van der Waals surface area contributed by atoms with Crippen molar-refractivity contribution in [2.45, 2.75) is 25.0 Å². The van der Waals surface area contributed by atoms with Gasteiger partial charge < -0.3 is 16.2 Å². The Bertz CT molecular complexity index is 319. The summed E-state index contributed by atoms with van der Waals surface area (Å²) in [5, 5.41) is 12.6. The van der Waals surface area contributed by atoms with Crippen LogP contribution in [0.1, 0.15) is 12.8 Å². The lowest BCUT2D eigenvalue weighted by Gasteiger charge is -2.32. The Balaban J connectivity index is 2.02. The molecule has 1 aliphatic rings. The number of nitrogens with one attached hydrogen (secondary N) is 1. The number of halogens is 1. The predicted molar refractivity (Wildman–Crippen MR) is 56.3 cm³/mol. The van der Waals surface area contributed by atoms with Crippen molar-refractivity contribution in [3.05, 3.63) is 17.3 Å². The zero-order chi connectivity index (χ0) is 10.1. The summed E-state index contributed by atoms with van der Waals surface area (Å²) < 4.78 is 0. The largest absolute Gasteiger partial charge is 0.399 e. The van der Waals surface area contributed by atoms with E-state index in [0.29, 0.717) is 16.7 Å². The fourth-order valence-corrected chi connectivity index (χ4v) is 1.72. The molecule has 0 unspecified atom stereocenters. The summed E-state index contributed by atoms with van der Waals surface area (Å²) in [5.41, 5.74) is 6.20. The van der Waals surface area contributed by atoms with Gasteiger partial charge >= 0.3 is 0 Å². The molecule has 1 aromatic heterocycles. The van der Waals surface area contributed by atoms with Gasteiger partial charge in [-0.15, -0.1) is 0 Å². The fraction of sp³-hybridized carbons (Fsp3) is 0.444. The minimum Gasteiger partial charge on any atom is -0.399 e. The summed E-state index contributed by atoms with van der Waals surface area (Å²) >= 11 is 5.74. The Kier molecular flexibility index (Phi) is 2.48. The van der Waals surface area contributed by atoms with E-state index in [-0.39, 0.29) is 12.1 Å². The zero-order valence-electron chi connectivity index (χ0n) is 7.57. The number of aliphatic hydroxyl groups excluding tert-OH is 1. The lowest BCUT2D eigenvalue weighted by molar-refractivity contribution is 0.0835. The van der Waals surface area contributed by atoms with Crippen LogP contribution in [-0.4, -0.2) is 22.2 Å². The van der Waals surface area contributed by atoms with Crippen LogP contribution < -0.4 is 11.1 Å². The minimum atomic E-state index is -0.177. The summed E-state index contributed by atoms with van der Waals surface area (Å²) in [5.74, 6) is 0.673. The molecule has 0 aliphatic heterocycles. The van der Waals surface area contributed by atoms with E-state index in [0.717, 1.165) is 12.8 Å². The van der Waals surface area contributed by atoms with Crippen LogP contribution in [-0.2, 0) is 0 Å². The number of aliphatic hydroxyl groups is 1. The highest BCUT2D eigenvalue weighted by Crippen LogP contribution is 2.24. The molecule has 1 heterocycles. The molecule has 0 amide bonds. The molecule has 1 aromatic rings. The van der Waals surface area contributed by atoms with Crippen molar-refractivity contribution in [1.82, 2.24) is 4.98 Å². The smallest absolute Gasteiger partial charge is 0.133 e. The zero-order valence-corrected chi connectivity index (χ0v) is 8.33. The van der Waals surface area contributed by atoms with Gasteiger partial charge in [-0.2, -0.15) is 0 Å². The van der Waals surface area contributed by atoms with Gasteiger partial charge in [0.1, 0.15) is 11.0 Å². The van der Waals surface area contributed by atoms with Crippen LogP contribution in [0, 0.1) is 0 Å². The van der Waals surface area contributed by atoms with Crippen LogP contribution in [0.3, 0.4) is 0 Å². The second kappa shape index (κ2) is 3.63. The van der Waals surface area contributed by atoms with E-state index in [9.17, 15) is 0 Å². The van der Waals surface area contributed by atoms with Crippen LogP contribution in [0.2, 0.25) is 5.15 Å². The first-order valence-electron chi connectivity index (χ1n) is 4.51. The number of aromatic nitrogens is 1. The van der Waals surface area contributed by atoms with Gasteiger partial charge in [0.2, 0.25) is 0 Å². The summed E-state index contributed by atoms with van der Waals surface area (Å²) in [6.45, 7) is 0. The molecule has 0 saturated heterocycles. The van der Waals surface area contributed by atoms with Gasteiger partial charge in [-0.25, -0.2) is 4.98 Å². The van der Waals surface area contributed by atoms with Crippen molar-refractivity contribution in [3.63, 3.8) is 0 Å². The lowest BCUT2D eigenvalue weighted by atomic mass is 9.89. The Hall–Kier alpha value is -1.00. The molecule has 76 valence electrons. The number of hydrogen-bond acceptors (Lipinski definition) is 4. The highest BCUT2D eigenvalue weighted by Gasteiger charge is 2.27. The topological polar surface area (TPSA) is 71.2 Å². The third-order valence-electron chi connectivity index (χ3n) is 2.28. The lowest BCUT2D eigenvalue weighted by Crippen LogP contribution is -2.39. The first kappa shape index (κ1) is 9.55. The van der Waals surface area contributed by atoms with Crippen molar-refractivity contribution >= 4 is 23.1 Å². The molecule has 1 aliphatic carbocycles. The average Bonchev–Trinajstić information content (AvgIpc) is 1.99. The summed E-state index contributed by atoms with van der Waals surface area (Å²) in [4.78, 5) is 4.07. The molecule has 0 bridgehead atoms. The average molecular weight is 214 g/mol. The van der Waals surface area contributed by atoms with Gasteiger partial charge in [0.05, 0.1) is 6.10 Å². The maximum atomic E-state index is 9.09. The molecule has 0 spiro atoms. The van der Waals surface area contributed by atoms with Crippen molar-refractivity contribution < 1.29 is 5.11 Å². The molecular weight excluding hydrogens is 202 g/mol. The third-order valence-corrected chi connectivity index (χ3v) is 2.48. The second-order valence-electron chi connectivity index (χ2n) is 3.57. The summed E-state index contributed by atoms with van der Waals surface area (Å²) in [7, 11) is 0. The third kappa shape index (κ3) is 2.08. The van der Waals surface area contributed by atoms with E-state index in [1.165, 1.54) is 0 Å². The number of hydrogen-bond donors (Lipinski definition) is 3.